The summed E-state index contributed by atoms with van der Waals surface area (Å²) in [6.07, 6.45) is 1.51. The summed E-state index contributed by atoms with van der Waals surface area (Å²) >= 11 is 0. The lowest BCUT2D eigenvalue weighted by Crippen LogP contribution is -2.11. The summed E-state index contributed by atoms with van der Waals surface area (Å²) < 4.78 is 13.2. The van der Waals surface area contributed by atoms with Gasteiger partial charge in [-0.25, -0.2) is 4.39 Å². The Kier molecular flexibility index (Phi) is 1.81. The van der Waals surface area contributed by atoms with Gasteiger partial charge in [0.15, 0.2) is 0 Å². The van der Waals surface area contributed by atoms with Crippen LogP contribution in [0.5, 0.6) is 0 Å². The Bertz CT molecular complexity index is 253. The first-order valence-corrected chi connectivity index (χ1v) is 3.41. The molecule has 0 atom stereocenters. The number of hydrogen-bond donors (Lipinski definition) is 1. The van der Waals surface area contributed by atoms with Crippen molar-refractivity contribution in [3.05, 3.63) is 24.0 Å². The molecule has 0 saturated carbocycles. The molecule has 1 aromatic rings. The number of nitrogens with two attached hydrogens (primary N) is 1. The fraction of sp³-hybridized carbons (Fsp3) is 0.375. The third kappa shape index (κ3) is 1.90. The Morgan fingerprint density at radius 2 is 2.18 bits per heavy atom. The van der Waals surface area contributed by atoms with Crippen molar-refractivity contribution < 1.29 is 4.39 Å². The average molecular weight is 154 g/mol. The molecule has 0 aliphatic heterocycles. The predicted octanol–water partition coefficient (Wildman–Crippen LogP) is 1.87. The van der Waals surface area contributed by atoms with Gasteiger partial charge in [-0.15, -0.1) is 0 Å². The van der Waals surface area contributed by atoms with Gasteiger partial charge in [-0.05, 0) is 26.0 Å². The van der Waals surface area contributed by atoms with Crippen LogP contribution in [0.4, 0.5) is 10.1 Å². The van der Waals surface area contributed by atoms with Crippen molar-refractivity contribution in [3.63, 3.8) is 0 Å². The van der Waals surface area contributed by atoms with Gasteiger partial charge in [-0.2, -0.15) is 0 Å². The topological polar surface area (TPSA) is 38.9 Å². The standard InChI is InChI=1S/C8H11FN2/c1-8(2,9)7-5-6(10)3-4-11-7/h3-5H,1-2H3,(H2,10,11). The maximum absolute atomic E-state index is 13.2. The van der Waals surface area contributed by atoms with Crippen molar-refractivity contribution in [2.24, 2.45) is 0 Å². The molecule has 2 nitrogen and oxygen atoms in total. The second-order valence-corrected chi connectivity index (χ2v) is 2.95. The van der Waals surface area contributed by atoms with Crippen molar-refractivity contribution in [1.29, 1.82) is 0 Å². The monoisotopic (exact) mass is 154 g/mol. The van der Waals surface area contributed by atoms with Crippen molar-refractivity contribution in [2.75, 3.05) is 5.73 Å². The molecule has 0 aromatic carbocycles. The van der Waals surface area contributed by atoms with E-state index in [0.29, 0.717) is 11.4 Å². The molecule has 0 aliphatic rings. The minimum atomic E-state index is -1.41. The normalized spacial score (nSPS) is 11.5. The second-order valence-electron chi connectivity index (χ2n) is 2.95. The van der Waals surface area contributed by atoms with E-state index in [9.17, 15) is 4.39 Å². The first kappa shape index (κ1) is 7.98. The van der Waals surface area contributed by atoms with Crippen LogP contribution < -0.4 is 5.73 Å². The smallest absolute Gasteiger partial charge is 0.147 e. The number of halogens is 1. The van der Waals surface area contributed by atoms with Gasteiger partial charge in [-0.3, -0.25) is 4.98 Å². The second kappa shape index (κ2) is 2.49. The quantitative estimate of drug-likeness (QED) is 0.670. The number of pyridine rings is 1. The lowest BCUT2D eigenvalue weighted by molar-refractivity contribution is 0.214. The summed E-state index contributed by atoms with van der Waals surface area (Å²) in [4.78, 5) is 3.86. The van der Waals surface area contributed by atoms with E-state index in [2.05, 4.69) is 4.98 Å². The van der Waals surface area contributed by atoms with Crippen LogP contribution in [0.25, 0.3) is 0 Å². The summed E-state index contributed by atoms with van der Waals surface area (Å²) in [6.45, 7) is 2.91. The number of nitrogen functional groups attached to an aromatic ring is 1. The van der Waals surface area contributed by atoms with Gasteiger partial charge in [0.25, 0.3) is 0 Å². The number of anilines is 1. The largest absolute Gasteiger partial charge is 0.399 e. The molecule has 0 aliphatic carbocycles. The molecule has 1 heterocycles. The van der Waals surface area contributed by atoms with Gasteiger partial charge in [0, 0.05) is 11.9 Å². The van der Waals surface area contributed by atoms with Crippen molar-refractivity contribution in [1.82, 2.24) is 4.98 Å². The van der Waals surface area contributed by atoms with Gasteiger partial charge in [0.1, 0.15) is 5.67 Å². The zero-order chi connectivity index (χ0) is 8.48. The molecule has 0 radical (unpaired) electrons. The third-order valence-electron chi connectivity index (χ3n) is 1.39. The summed E-state index contributed by atoms with van der Waals surface area (Å²) in [6, 6.07) is 3.18. The zero-order valence-corrected chi connectivity index (χ0v) is 6.63. The minimum Gasteiger partial charge on any atom is -0.399 e. The predicted molar refractivity (Wildman–Crippen MR) is 42.8 cm³/mol. The number of aromatic nitrogens is 1. The van der Waals surface area contributed by atoms with E-state index in [-0.39, 0.29) is 0 Å². The molecule has 0 fully saturated rings. The van der Waals surface area contributed by atoms with Gasteiger partial charge >= 0.3 is 0 Å². The van der Waals surface area contributed by atoms with Gasteiger partial charge in [0.2, 0.25) is 0 Å². The van der Waals surface area contributed by atoms with Gasteiger partial charge in [0.05, 0.1) is 5.69 Å². The molecule has 0 saturated heterocycles. The van der Waals surface area contributed by atoms with Crippen LogP contribution in [0, 0.1) is 0 Å². The average Bonchev–Trinajstić information content (AvgIpc) is 1.86. The van der Waals surface area contributed by atoms with Crippen LogP contribution in [0.3, 0.4) is 0 Å². The third-order valence-corrected chi connectivity index (χ3v) is 1.39. The Morgan fingerprint density at radius 3 is 2.55 bits per heavy atom. The molecule has 2 N–H and O–H groups in total. The molecule has 60 valence electrons. The zero-order valence-electron chi connectivity index (χ0n) is 6.63. The lowest BCUT2D eigenvalue weighted by Gasteiger charge is -2.12. The van der Waals surface area contributed by atoms with E-state index < -0.39 is 5.67 Å². The SMILES string of the molecule is CC(C)(F)c1cc(N)ccn1. The van der Waals surface area contributed by atoms with E-state index in [1.165, 1.54) is 20.0 Å². The summed E-state index contributed by atoms with van der Waals surface area (Å²) in [7, 11) is 0. The molecule has 1 aromatic heterocycles. The highest BCUT2D eigenvalue weighted by atomic mass is 19.1. The number of alkyl halides is 1. The molecule has 11 heavy (non-hydrogen) atoms. The lowest BCUT2D eigenvalue weighted by atomic mass is 10.1. The Balaban J connectivity index is 3.06. The van der Waals surface area contributed by atoms with Crippen LogP contribution in [0.1, 0.15) is 19.5 Å². The first-order valence-electron chi connectivity index (χ1n) is 3.41. The van der Waals surface area contributed by atoms with E-state index in [1.807, 2.05) is 0 Å². The Hall–Kier alpha value is -1.12. The summed E-state index contributed by atoms with van der Waals surface area (Å²) in [5, 5.41) is 0. The maximum atomic E-state index is 13.2. The van der Waals surface area contributed by atoms with Crippen LogP contribution in [-0.2, 0) is 5.67 Å². The molecule has 1 rings (SSSR count). The van der Waals surface area contributed by atoms with Crippen molar-refractivity contribution in [3.8, 4) is 0 Å². The van der Waals surface area contributed by atoms with Crippen LogP contribution >= 0.6 is 0 Å². The first-order chi connectivity index (χ1) is 5.00. The summed E-state index contributed by atoms with van der Waals surface area (Å²) in [5.41, 5.74) is 4.96. The van der Waals surface area contributed by atoms with Crippen LogP contribution in [0.2, 0.25) is 0 Å². The molecule has 0 spiro atoms. The highest BCUT2D eigenvalue weighted by Crippen LogP contribution is 2.23. The van der Waals surface area contributed by atoms with E-state index in [1.54, 1.807) is 12.1 Å². The fourth-order valence-electron chi connectivity index (χ4n) is 0.772. The molecular weight excluding hydrogens is 143 g/mol. The van der Waals surface area contributed by atoms with Crippen LogP contribution in [0.15, 0.2) is 18.3 Å². The highest BCUT2D eigenvalue weighted by molar-refractivity contribution is 5.38. The van der Waals surface area contributed by atoms with E-state index in [0.717, 1.165) is 0 Å². The number of hydrogen-bond acceptors (Lipinski definition) is 2. The van der Waals surface area contributed by atoms with Crippen molar-refractivity contribution >= 4 is 5.69 Å². The van der Waals surface area contributed by atoms with Crippen LogP contribution in [-0.4, -0.2) is 4.98 Å². The highest BCUT2D eigenvalue weighted by Gasteiger charge is 2.19. The number of nitrogens with zero attached hydrogens (tertiary/aromatic N) is 1. The van der Waals surface area contributed by atoms with Gasteiger partial charge in [-0.1, -0.05) is 0 Å². The number of rotatable bonds is 1. The Morgan fingerprint density at radius 1 is 1.55 bits per heavy atom. The fourth-order valence-corrected chi connectivity index (χ4v) is 0.772. The van der Waals surface area contributed by atoms with Crippen molar-refractivity contribution in [2.45, 2.75) is 19.5 Å². The molecular formula is C8H11FN2. The Labute approximate surface area is 65.3 Å². The molecule has 0 bridgehead atoms. The maximum Gasteiger partial charge on any atom is 0.147 e. The minimum absolute atomic E-state index is 0.373. The van der Waals surface area contributed by atoms with E-state index >= 15 is 0 Å². The van der Waals surface area contributed by atoms with Gasteiger partial charge < -0.3 is 5.73 Å². The molecule has 0 amide bonds. The summed E-state index contributed by atoms with van der Waals surface area (Å²) in [5.74, 6) is 0. The molecule has 3 heteroatoms. The molecule has 0 unspecified atom stereocenters. The van der Waals surface area contributed by atoms with E-state index in [4.69, 9.17) is 5.73 Å².